The van der Waals surface area contributed by atoms with Crippen molar-refractivity contribution in [3.63, 3.8) is 0 Å². The molecule has 1 atom stereocenters. The van der Waals surface area contributed by atoms with E-state index in [9.17, 15) is 14.0 Å². The zero-order valence-corrected chi connectivity index (χ0v) is 18.7. The van der Waals surface area contributed by atoms with Gasteiger partial charge in [-0.25, -0.2) is 9.37 Å². The van der Waals surface area contributed by atoms with Crippen molar-refractivity contribution in [3.8, 4) is 0 Å². The number of rotatable bonds is 6. The van der Waals surface area contributed by atoms with E-state index in [0.29, 0.717) is 30.1 Å². The minimum atomic E-state index is -0.328. The topological polar surface area (TPSA) is 66.7 Å². The molecule has 1 aliphatic heterocycles. The number of carbonyl (C=O) groups excluding carboxylic acids is 2. The van der Waals surface area contributed by atoms with Gasteiger partial charge in [-0.1, -0.05) is 12.1 Å². The molecule has 1 aliphatic rings. The first-order valence-electron chi connectivity index (χ1n) is 10.9. The number of hydrogen-bond donors (Lipinski definition) is 1. The lowest BCUT2D eigenvalue weighted by atomic mass is 10.1. The second kappa shape index (κ2) is 9.15. The second-order valence-corrected chi connectivity index (χ2v) is 9.36. The van der Waals surface area contributed by atoms with E-state index in [1.54, 1.807) is 18.3 Å². The third-order valence-corrected chi connectivity index (χ3v) is 7.20. The Morgan fingerprint density at radius 1 is 1.12 bits per heavy atom. The molecule has 3 aromatic heterocycles. The lowest BCUT2D eigenvalue weighted by molar-refractivity contribution is -0.129. The van der Waals surface area contributed by atoms with Crippen molar-refractivity contribution in [2.24, 2.45) is 0 Å². The summed E-state index contributed by atoms with van der Waals surface area (Å²) in [5.41, 5.74) is 2.52. The fraction of sp³-hybridized carbons (Fsp3) is 0.240. The molecule has 5 rings (SSSR count). The summed E-state index contributed by atoms with van der Waals surface area (Å²) in [7, 11) is 0. The standard InChI is InChI=1S/C25H23FN4O2S/c26-20-3-1-2-17(12-20)14-24(31)30-10-7-19(16-30)21-4-5-22(33-21)25(32)28-15-18-6-9-29-11-8-27-23(29)13-18/h1-6,8-9,11-13,19H,7,10,14-16H2,(H,28,32). The predicted molar refractivity (Wildman–Crippen MR) is 125 cm³/mol. The van der Waals surface area contributed by atoms with Crippen LogP contribution >= 0.6 is 11.3 Å². The molecular weight excluding hydrogens is 439 g/mol. The zero-order chi connectivity index (χ0) is 22.8. The van der Waals surface area contributed by atoms with Gasteiger partial charge in [-0.2, -0.15) is 0 Å². The molecule has 6 nitrogen and oxygen atoms in total. The number of imidazole rings is 1. The first kappa shape index (κ1) is 21.3. The van der Waals surface area contributed by atoms with E-state index in [2.05, 4.69) is 10.3 Å². The van der Waals surface area contributed by atoms with Crippen molar-refractivity contribution in [2.75, 3.05) is 13.1 Å². The van der Waals surface area contributed by atoms with Gasteiger partial charge in [0.05, 0.1) is 11.3 Å². The van der Waals surface area contributed by atoms with Gasteiger partial charge in [-0.05, 0) is 53.9 Å². The molecule has 1 unspecified atom stereocenters. The van der Waals surface area contributed by atoms with Crippen LogP contribution in [0.25, 0.3) is 5.65 Å². The zero-order valence-electron chi connectivity index (χ0n) is 17.9. The minimum absolute atomic E-state index is 0.00654. The number of hydrogen-bond acceptors (Lipinski definition) is 4. The van der Waals surface area contributed by atoms with E-state index in [1.165, 1.54) is 23.5 Å². The van der Waals surface area contributed by atoms with Crippen LogP contribution in [0.3, 0.4) is 0 Å². The first-order chi connectivity index (χ1) is 16.0. The van der Waals surface area contributed by atoms with Gasteiger partial charge in [-0.3, -0.25) is 9.59 Å². The van der Waals surface area contributed by atoms with Crippen molar-refractivity contribution in [1.82, 2.24) is 19.6 Å². The normalized spacial score (nSPS) is 15.8. The summed E-state index contributed by atoms with van der Waals surface area (Å²) in [5.74, 6) is -0.208. The van der Waals surface area contributed by atoms with Gasteiger partial charge in [0, 0.05) is 49.0 Å². The van der Waals surface area contributed by atoms with E-state index in [-0.39, 0.29) is 30.0 Å². The maximum Gasteiger partial charge on any atom is 0.261 e. The van der Waals surface area contributed by atoms with E-state index in [4.69, 9.17) is 0 Å². The first-order valence-corrected chi connectivity index (χ1v) is 11.7. The van der Waals surface area contributed by atoms with Crippen molar-refractivity contribution in [2.45, 2.75) is 25.3 Å². The summed E-state index contributed by atoms with van der Waals surface area (Å²) >= 11 is 1.48. The highest BCUT2D eigenvalue weighted by atomic mass is 32.1. The molecule has 1 aromatic carbocycles. The molecule has 168 valence electrons. The molecule has 0 saturated carbocycles. The lowest BCUT2D eigenvalue weighted by Gasteiger charge is -2.16. The van der Waals surface area contributed by atoms with Crippen molar-refractivity contribution in [3.05, 3.63) is 93.8 Å². The molecule has 0 bridgehead atoms. The Morgan fingerprint density at radius 2 is 2.03 bits per heavy atom. The van der Waals surface area contributed by atoms with Gasteiger partial charge < -0.3 is 14.6 Å². The lowest BCUT2D eigenvalue weighted by Crippen LogP contribution is -2.29. The maximum absolute atomic E-state index is 13.4. The van der Waals surface area contributed by atoms with Gasteiger partial charge >= 0.3 is 0 Å². The van der Waals surface area contributed by atoms with E-state index >= 15 is 0 Å². The van der Waals surface area contributed by atoms with Crippen LogP contribution in [0.2, 0.25) is 0 Å². The number of aromatic nitrogens is 2. The molecule has 4 heterocycles. The summed E-state index contributed by atoms with van der Waals surface area (Å²) in [6.45, 7) is 1.73. The van der Waals surface area contributed by atoms with Crippen LogP contribution in [0.5, 0.6) is 0 Å². The summed E-state index contributed by atoms with van der Waals surface area (Å²) in [5, 5.41) is 2.97. The van der Waals surface area contributed by atoms with Gasteiger partial charge in [0.2, 0.25) is 5.91 Å². The van der Waals surface area contributed by atoms with Gasteiger partial charge in [0.1, 0.15) is 11.5 Å². The number of nitrogens with one attached hydrogen (secondary N) is 1. The largest absolute Gasteiger partial charge is 0.347 e. The Bertz CT molecular complexity index is 1310. The fourth-order valence-corrected chi connectivity index (χ4v) is 5.23. The SMILES string of the molecule is O=C(NCc1ccn2ccnc2c1)c1ccc(C2CCN(C(=O)Cc3cccc(F)c3)C2)s1. The minimum Gasteiger partial charge on any atom is -0.347 e. The Hall–Kier alpha value is -3.52. The smallest absolute Gasteiger partial charge is 0.261 e. The van der Waals surface area contributed by atoms with E-state index in [0.717, 1.165) is 22.5 Å². The highest BCUT2D eigenvalue weighted by molar-refractivity contribution is 7.14. The summed E-state index contributed by atoms with van der Waals surface area (Å²) in [6, 6.07) is 13.9. The highest BCUT2D eigenvalue weighted by Crippen LogP contribution is 2.32. The Labute approximate surface area is 194 Å². The molecule has 1 fully saturated rings. The predicted octanol–water partition coefficient (Wildman–Crippen LogP) is 4.02. The van der Waals surface area contributed by atoms with Crippen molar-refractivity contribution < 1.29 is 14.0 Å². The third kappa shape index (κ3) is 4.80. The molecule has 0 spiro atoms. The Morgan fingerprint density at radius 3 is 2.91 bits per heavy atom. The summed E-state index contributed by atoms with van der Waals surface area (Å²) in [6.07, 6.45) is 6.61. The molecule has 33 heavy (non-hydrogen) atoms. The van der Waals surface area contributed by atoms with Crippen LogP contribution in [-0.4, -0.2) is 39.2 Å². The van der Waals surface area contributed by atoms with E-state index in [1.807, 2.05) is 46.0 Å². The highest BCUT2D eigenvalue weighted by Gasteiger charge is 2.28. The van der Waals surface area contributed by atoms with Crippen molar-refractivity contribution in [1.29, 1.82) is 0 Å². The Balaban J connectivity index is 1.16. The van der Waals surface area contributed by atoms with E-state index < -0.39 is 0 Å². The number of thiophene rings is 1. The van der Waals surface area contributed by atoms with Crippen LogP contribution in [0.15, 0.2) is 67.1 Å². The number of carbonyl (C=O) groups is 2. The number of amides is 2. The van der Waals surface area contributed by atoms with Crippen molar-refractivity contribution >= 4 is 28.8 Å². The molecule has 1 N–H and O–H groups in total. The Kier molecular flexibility index (Phi) is 5.92. The molecular formula is C25H23FN4O2S. The van der Waals surface area contributed by atoms with Gasteiger partial charge in [0.15, 0.2) is 0 Å². The second-order valence-electron chi connectivity index (χ2n) is 8.24. The molecule has 1 saturated heterocycles. The van der Waals surface area contributed by atoms with Crippen LogP contribution in [0, 0.1) is 5.82 Å². The molecule has 4 aromatic rings. The van der Waals surface area contributed by atoms with Gasteiger partial charge in [0.25, 0.3) is 5.91 Å². The summed E-state index contributed by atoms with van der Waals surface area (Å²) < 4.78 is 15.3. The maximum atomic E-state index is 13.4. The van der Waals surface area contributed by atoms with Crippen LogP contribution in [-0.2, 0) is 17.8 Å². The van der Waals surface area contributed by atoms with Crippen LogP contribution in [0.1, 0.15) is 38.0 Å². The molecule has 8 heteroatoms. The average Bonchev–Trinajstić information content (AvgIpc) is 3.57. The number of benzene rings is 1. The molecule has 0 aliphatic carbocycles. The average molecular weight is 463 g/mol. The third-order valence-electron chi connectivity index (χ3n) is 5.95. The number of pyridine rings is 1. The fourth-order valence-electron chi connectivity index (χ4n) is 4.18. The molecule has 2 amide bonds. The number of likely N-dealkylation sites (tertiary alicyclic amines) is 1. The number of nitrogens with zero attached hydrogens (tertiary/aromatic N) is 3. The number of halogens is 1. The quantitative estimate of drug-likeness (QED) is 0.471. The van der Waals surface area contributed by atoms with Crippen LogP contribution < -0.4 is 5.32 Å². The van der Waals surface area contributed by atoms with Gasteiger partial charge in [-0.15, -0.1) is 11.3 Å². The molecule has 0 radical (unpaired) electrons. The summed E-state index contributed by atoms with van der Waals surface area (Å²) in [4.78, 5) is 33.2. The van der Waals surface area contributed by atoms with Crippen LogP contribution in [0.4, 0.5) is 4.39 Å². The monoisotopic (exact) mass is 462 g/mol. The number of fused-ring (bicyclic) bond motifs is 1.